The first-order chi connectivity index (χ1) is 10.0. The maximum Gasteiger partial charge on any atom is 0.223 e. The monoisotopic (exact) mass is 291 g/mol. The lowest BCUT2D eigenvalue weighted by Crippen LogP contribution is -2.28. The Bertz CT molecular complexity index is 517. The lowest BCUT2D eigenvalue weighted by Gasteiger charge is -2.21. The fraction of sp³-hybridized carbons (Fsp3) is 0.667. The van der Waals surface area contributed by atoms with Crippen LogP contribution in [0.15, 0.2) is 0 Å². The fourth-order valence-electron chi connectivity index (χ4n) is 2.83. The predicted molar refractivity (Wildman–Crippen MR) is 83.2 cm³/mol. The summed E-state index contributed by atoms with van der Waals surface area (Å²) in [6.07, 6.45) is 6.31. The molecule has 6 nitrogen and oxygen atoms in total. The van der Waals surface area contributed by atoms with Crippen molar-refractivity contribution in [1.82, 2.24) is 14.9 Å². The zero-order chi connectivity index (χ0) is 15.4. The summed E-state index contributed by atoms with van der Waals surface area (Å²) in [5, 5.41) is 0. The van der Waals surface area contributed by atoms with E-state index in [0.717, 1.165) is 24.1 Å². The van der Waals surface area contributed by atoms with Crippen LogP contribution in [0.1, 0.15) is 69.7 Å². The Morgan fingerprint density at radius 3 is 2.67 bits per heavy atom. The largest absolute Gasteiger partial charge is 0.383 e. The number of hydrogen-bond donors (Lipinski definition) is 2. The van der Waals surface area contributed by atoms with E-state index in [2.05, 4.69) is 16.9 Å². The van der Waals surface area contributed by atoms with Crippen LogP contribution in [0.25, 0.3) is 0 Å². The highest BCUT2D eigenvalue weighted by Crippen LogP contribution is 2.35. The first-order valence-electron chi connectivity index (χ1n) is 7.75. The van der Waals surface area contributed by atoms with Crippen molar-refractivity contribution in [1.29, 1.82) is 0 Å². The van der Waals surface area contributed by atoms with Crippen molar-refractivity contribution in [2.75, 3.05) is 11.5 Å². The van der Waals surface area contributed by atoms with E-state index in [1.807, 2.05) is 11.8 Å². The molecule has 21 heavy (non-hydrogen) atoms. The van der Waals surface area contributed by atoms with E-state index in [4.69, 9.17) is 11.5 Å². The van der Waals surface area contributed by atoms with Crippen molar-refractivity contribution >= 4 is 17.7 Å². The number of nitrogens with zero attached hydrogens (tertiary/aromatic N) is 3. The van der Waals surface area contributed by atoms with Gasteiger partial charge in [-0.25, -0.2) is 4.98 Å². The molecule has 0 saturated heterocycles. The van der Waals surface area contributed by atoms with Crippen LogP contribution in [0, 0.1) is 0 Å². The third-order valence-electron chi connectivity index (χ3n) is 4.09. The van der Waals surface area contributed by atoms with E-state index in [1.165, 1.54) is 19.3 Å². The van der Waals surface area contributed by atoms with Crippen molar-refractivity contribution in [3.05, 3.63) is 11.3 Å². The Labute approximate surface area is 125 Å². The van der Waals surface area contributed by atoms with E-state index >= 15 is 0 Å². The minimum Gasteiger partial charge on any atom is -0.383 e. The molecule has 0 radical (unpaired) electrons. The molecule has 0 spiro atoms. The minimum atomic E-state index is -0.0734. The highest BCUT2D eigenvalue weighted by molar-refractivity contribution is 5.78. The van der Waals surface area contributed by atoms with E-state index in [-0.39, 0.29) is 17.9 Å². The van der Waals surface area contributed by atoms with E-state index in [9.17, 15) is 4.79 Å². The Morgan fingerprint density at radius 1 is 1.24 bits per heavy atom. The molecule has 1 aliphatic rings. The van der Waals surface area contributed by atoms with Gasteiger partial charge in [-0.15, -0.1) is 0 Å². The molecule has 1 amide bonds. The van der Waals surface area contributed by atoms with Crippen molar-refractivity contribution < 1.29 is 4.79 Å². The van der Waals surface area contributed by atoms with Crippen LogP contribution in [0.2, 0.25) is 0 Å². The lowest BCUT2D eigenvalue weighted by molar-refractivity contribution is -0.133. The average Bonchev–Trinajstić information content (AvgIpc) is 2.76. The van der Waals surface area contributed by atoms with Gasteiger partial charge in [0.05, 0.1) is 18.3 Å². The summed E-state index contributed by atoms with van der Waals surface area (Å²) >= 11 is 0. The summed E-state index contributed by atoms with van der Waals surface area (Å²) in [6.45, 7) is 4.65. The average molecular weight is 291 g/mol. The van der Waals surface area contributed by atoms with Gasteiger partial charge in [0.15, 0.2) is 0 Å². The molecule has 0 unspecified atom stereocenters. The van der Waals surface area contributed by atoms with Gasteiger partial charge in [-0.2, -0.15) is 4.98 Å². The summed E-state index contributed by atoms with van der Waals surface area (Å²) in [7, 11) is 0. The number of rotatable bonds is 6. The molecule has 0 aromatic carbocycles. The summed E-state index contributed by atoms with van der Waals surface area (Å²) in [5.41, 5.74) is 13.2. The number of carbonyl (C=O) groups is 1. The Morgan fingerprint density at radius 2 is 1.95 bits per heavy atom. The number of carbonyl (C=O) groups excluding carboxylic acids is 1. The molecule has 2 heterocycles. The second-order valence-corrected chi connectivity index (χ2v) is 5.69. The van der Waals surface area contributed by atoms with Crippen molar-refractivity contribution in [3.63, 3.8) is 0 Å². The molecule has 0 fully saturated rings. The number of hydrogen-bond acceptors (Lipinski definition) is 5. The van der Waals surface area contributed by atoms with Crippen LogP contribution in [-0.4, -0.2) is 20.8 Å². The van der Waals surface area contributed by atoms with Gasteiger partial charge < -0.3 is 16.4 Å². The van der Waals surface area contributed by atoms with E-state index < -0.39 is 0 Å². The SMILES string of the molecule is CCCCCCCC(=O)N1Cc2c(N)nc(N)nc2[C@@H]1C. The van der Waals surface area contributed by atoms with Crippen LogP contribution < -0.4 is 11.5 Å². The van der Waals surface area contributed by atoms with Crippen molar-refractivity contribution in [2.45, 2.75) is 65.0 Å². The van der Waals surface area contributed by atoms with Gasteiger partial charge in [0.2, 0.25) is 11.9 Å². The van der Waals surface area contributed by atoms with Crippen molar-refractivity contribution in [2.24, 2.45) is 0 Å². The number of amides is 1. The number of unbranched alkanes of at least 4 members (excludes halogenated alkanes) is 4. The minimum absolute atomic E-state index is 0.0734. The zero-order valence-corrected chi connectivity index (χ0v) is 12.9. The highest BCUT2D eigenvalue weighted by Gasteiger charge is 2.33. The van der Waals surface area contributed by atoms with Gasteiger partial charge in [0.25, 0.3) is 0 Å². The lowest BCUT2D eigenvalue weighted by atomic mass is 10.1. The molecular weight excluding hydrogens is 266 g/mol. The first-order valence-corrected chi connectivity index (χ1v) is 7.75. The second-order valence-electron chi connectivity index (χ2n) is 5.69. The third kappa shape index (κ3) is 3.43. The smallest absolute Gasteiger partial charge is 0.223 e. The summed E-state index contributed by atoms with van der Waals surface area (Å²) in [6, 6.07) is -0.0734. The molecule has 4 N–H and O–H groups in total. The zero-order valence-electron chi connectivity index (χ0n) is 12.9. The van der Waals surface area contributed by atoms with Crippen LogP contribution >= 0.6 is 0 Å². The van der Waals surface area contributed by atoms with E-state index in [0.29, 0.717) is 18.8 Å². The molecule has 0 saturated carbocycles. The van der Waals surface area contributed by atoms with Gasteiger partial charge in [0, 0.05) is 12.0 Å². The molecule has 1 aliphatic heterocycles. The third-order valence-corrected chi connectivity index (χ3v) is 4.09. The van der Waals surface area contributed by atoms with Crippen molar-refractivity contribution in [3.8, 4) is 0 Å². The maximum atomic E-state index is 12.4. The molecule has 1 atom stereocenters. The van der Waals surface area contributed by atoms with Gasteiger partial charge in [-0.1, -0.05) is 32.6 Å². The van der Waals surface area contributed by atoms with E-state index in [1.54, 1.807) is 0 Å². The Hall–Kier alpha value is -1.85. The normalized spacial score (nSPS) is 17.0. The molecule has 116 valence electrons. The first kappa shape index (κ1) is 15.5. The molecule has 1 aromatic heterocycles. The van der Waals surface area contributed by atoms with Crippen LogP contribution in [-0.2, 0) is 11.3 Å². The number of nitrogens with two attached hydrogens (primary N) is 2. The maximum absolute atomic E-state index is 12.4. The number of fused-ring (bicyclic) bond motifs is 1. The molecular formula is C15H25N5O. The molecule has 6 heteroatoms. The number of anilines is 2. The highest BCUT2D eigenvalue weighted by atomic mass is 16.2. The standard InChI is InChI=1S/C15H25N5O/c1-3-4-5-6-7-8-12(21)20-9-11-13(10(20)2)18-15(17)19-14(11)16/h10H,3-9H2,1-2H3,(H4,16,17,18,19)/t10-/m0/s1. The molecule has 0 bridgehead atoms. The van der Waals surface area contributed by atoms with Gasteiger partial charge in [0.1, 0.15) is 5.82 Å². The van der Waals surface area contributed by atoms with Gasteiger partial charge in [-0.05, 0) is 13.3 Å². The second kappa shape index (κ2) is 6.74. The fourth-order valence-corrected chi connectivity index (χ4v) is 2.83. The Kier molecular flexibility index (Phi) is 4.98. The quantitative estimate of drug-likeness (QED) is 0.784. The summed E-state index contributed by atoms with van der Waals surface area (Å²) < 4.78 is 0. The van der Waals surface area contributed by atoms with Crippen LogP contribution in [0.3, 0.4) is 0 Å². The van der Waals surface area contributed by atoms with Gasteiger partial charge in [-0.3, -0.25) is 4.79 Å². The summed E-state index contributed by atoms with van der Waals surface area (Å²) in [5.74, 6) is 0.726. The molecule has 0 aliphatic carbocycles. The number of aromatic nitrogens is 2. The molecule has 1 aromatic rings. The summed E-state index contributed by atoms with van der Waals surface area (Å²) in [4.78, 5) is 22.4. The van der Waals surface area contributed by atoms with Crippen LogP contribution in [0.4, 0.5) is 11.8 Å². The predicted octanol–water partition coefficient (Wildman–Crippen LogP) is 2.40. The molecule has 2 rings (SSSR count). The number of nitrogen functional groups attached to an aromatic ring is 2. The van der Waals surface area contributed by atoms with Gasteiger partial charge >= 0.3 is 0 Å². The topological polar surface area (TPSA) is 98.1 Å². The Balaban J connectivity index is 1.94. The van der Waals surface area contributed by atoms with Crippen LogP contribution in [0.5, 0.6) is 0 Å².